The normalized spacial score (nSPS) is 11.2. The van der Waals surface area contributed by atoms with Gasteiger partial charge in [0.2, 0.25) is 0 Å². The number of hydrogen-bond donors (Lipinski definition) is 1. The molecule has 2 heterocycles. The van der Waals surface area contributed by atoms with Crippen molar-refractivity contribution in [2.24, 2.45) is 0 Å². The first kappa shape index (κ1) is 15.2. The monoisotopic (exact) mass is 308 g/mol. The van der Waals surface area contributed by atoms with E-state index >= 15 is 0 Å². The topological polar surface area (TPSA) is 59.8 Å². The van der Waals surface area contributed by atoms with Gasteiger partial charge < -0.3 is 5.32 Å². The first-order chi connectivity index (χ1) is 11.0. The van der Waals surface area contributed by atoms with Gasteiger partial charge in [0, 0.05) is 18.7 Å². The summed E-state index contributed by atoms with van der Waals surface area (Å²) in [4.78, 5) is 17.0. The second kappa shape index (κ2) is 5.83. The fraction of sp³-hybridized carbons (Fsp3) is 0.278. The van der Waals surface area contributed by atoms with Crippen molar-refractivity contribution in [2.75, 3.05) is 7.05 Å². The van der Waals surface area contributed by atoms with Crippen LogP contribution in [0.5, 0.6) is 0 Å². The van der Waals surface area contributed by atoms with Crippen molar-refractivity contribution in [3.8, 4) is 11.3 Å². The number of nitrogens with one attached hydrogen (secondary N) is 1. The molecular formula is C18H20N4O. The number of amides is 1. The summed E-state index contributed by atoms with van der Waals surface area (Å²) in [5.74, 6) is -0.130. The average molecular weight is 308 g/mol. The molecule has 0 radical (unpaired) electrons. The minimum atomic E-state index is -0.130. The number of fused-ring (bicyclic) bond motifs is 1. The second-order valence-corrected chi connectivity index (χ2v) is 5.92. The Bertz CT molecular complexity index is 863. The summed E-state index contributed by atoms with van der Waals surface area (Å²) in [5.41, 5.74) is 4.28. The minimum Gasteiger partial charge on any atom is -0.355 e. The number of aryl methyl sites for hydroxylation is 1. The van der Waals surface area contributed by atoms with Gasteiger partial charge in [0.05, 0.1) is 22.8 Å². The molecule has 0 saturated carbocycles. The summed E-state index contributed by atoms with van der Waals surface area (Å²) in [6.07, 6.45) is 1.71. The maximum absolute atomic E-state index is 12.3. The third kappa shape index (κ3) is 2.70. The highest BCUT2D eigenvalue weighted by Gasteiger charge is 2.17. The molecule has 5 nitrogen and oxygen atoms in total. The Morgan fingerprint density at radius 3 is 2.52 bits per heavy atom. The highest BCUT2D eigenvalue weighted by molar-refractivity contribution is 6.06. The van der Waals surface area contributed by atoms with E-state index in [1.807, 2.05) is 55.8 Å². The minimum absolute atomic E-state index is 0.130. The summed E-state index contributed by atoms with van der Waals surface area (Å²) in [6.45, 7) is 6.14. The van der Waals surface area contributed by atoms with Crippen molar-refractivity contribution in [3.05, 3.63) is 47.7 Å². The van der Waals surface area contributed by atoms with Crippen LogP contribution >= 0.6 is 0 Å². The molecule has 5 heteroatoms. The molecule has 0 aliphatic heterocycles. The van der Waals surface area contributed by atoms with Crippen LogP contribution in [0.3, 0.4) is 0 Å². The van der Waals surface area contributed by atoms with Crippen LogP contribution < -0.4 is 5.32 Å². The molecule has 0 aliphatic carbocycles. The van der Waals surface area contributed by atoms with Gasteiger partial charge >= 0.3 is 0 Å². The molecule has 1 N–H and O–H groups in total. The zero-order valence-corrected chi connectivity index (χ0v) is 13.8. The quantitative estimate of drug-likeness (QED) is 0.807. The average Bonchev–Trinajstić information content (AvgIpc) is 2.98. The van der Waals surface area contributed by atoms with Gasteiger partial charge in [-0.3, -0.25) is 4.79 Å². The van der Waals surface area contributed by atoms with E-state index < -0.39 is 0 Å². The Balaban J connectivity index is 2.28. The fourth-order valence-electron chi connectivity index (χ4n) is 2.59. The van der Waals surface area contributed by atoms with Gasteiger partial charge in [-0.1, -0.05) is 29.8 Å². The van der Waals surface area contributed by atoms with E-state index in [1.54, 1.807) is 13.2 Å². The summed E-state index contributed by atoms with van der Waals surface area (Å²) < 4.78 is 1.85. The maximum atomic E-state index is 12.3. The van der Waals surface area contributed by atoms with Crippen molar-refractivity contribution in [3.63, 3.8) is 0 Å². The number of carbonyl (C=O) groups excluding carboxylic acids is 1. The Hall–Kier alpha value is -2.69. The lowest BCUT2D eigenvalue weighted by molar-refractivity contribution is 0.0964. The lowest BCUT2D eigenvalue weighted by Crippen LogP contribution is -2.18. The van der Waals surface area contributed by atoms with Crippen LogP contribution in [0.15, 0.2) is 36.5 Å². The Labute approximate surface area is 135 Å². The number of rotatable bonds is 3. The van der Waals surface area contributed by atoms with E-state index in [0.717, 1.165) is 22.3 Å². The van der Waals surface area contributed by atoms with Gasteiger partial charge in [0.15, 0.2) is 5.65 Å². The molecule has 3 rings (SSSR count). The van der Waals surface area contributed by atoms with E-state index in [9.17, 15) is 4.79 Å². The number of aromatic nitrogens is 3. The SMILES string of the molecule is CNC(=O)c1cc(-c2ccc(C)cc2)nc2c1cnn2C(C)C. The Morgan fingerprint density at radius 2 is 1.91 bits per heavy atom. The number of hydrogen-bond acceptors (Lipinski definition) is 3. The molecule has 3 aromatic rings. The van der Waals surface area contributed by atoms with Gasteiger partial charge in [0.1, 0.15) is 0 Å². The largest absolute Gasteiger partial charge is 0.355 e. The molecule has 0 unspecified atom stereocenters. The lowest BCUT2D eigenvalue weighted by Gasteiger charge is -2.10. The van der Waals surface area contributed by atoms with E-state index in [1.165, 1.54) is 5.56 Å². The van der Waals surface area contributed by atoms with E-state index in [4.69, 9.17) is 4.98 Å². The molecule has 23 heavy (non-hydrogen) atoms. The van der Waals surface area contributed by atoms with Crippen molar-refractivity contribution in [2.45, 2.75) is 26.8 Å². The number of pyridine rings is 1. The van der Waals surface area contributed by atoms with Crippen LogP contribution in [0, 0.1) is 6.92 Å². The third-order valence-electron chi connectivity index (χ3n) is 3.87. The first-order valence-corrected chi connectivity index (χ1v) is 7.68. The molecule has 118 valence electrons. The van der Waals surface area contributed by atoms with E-state index in [0.29, 0.717) is 5.56 Å². The number of nitrogens with zero attached hydrogens (tertiary/aromatic N) is 3. The number of benzene rings is 1. The molecule has 0 spiro atoms. The van der Waals surface area contributed by atoms with Crippen molar-refractivity contribution in [1.29, 1.82) is 0 Å². The highest BCUT2D eigenvalue weighted by Crippen LogP contribution is 2.26. The lowest BCUT2D eigenvalue weighted by atomic mass is 10.1. The maximum Gasteiger partial charge on any atom is 0.251 e. The van der Waals surface area contributed by atoms with Crippen molar-refractivity contribution in [1.82, 2.24) is 20.1 Å². The van der Waals surface area contributed by atoms with Gasteiger partial charge in [0.25, 0.3) is 5.91 Å². The molecule has 0 atom stereocenters. The third-order valence-corrected chi connectivity index (χ3v) is 3.87. The van der Waals surface area contributed by atoms with Gasteiger partial charge in [-0.25, -0.2) is 9.67 Å². The van der Waals surface area contributed by atoms with E-state index in [2.05, 4.69) is 10.4 Å². The van der Waals surface area contributed by atoms with Crippen LogP contribution in [-0.2, 0) is 0 Å². The van der Waals surface area contributed by atoms with Crippen LogP contribution in [0.2, 0.25) is 0 Å². The van der Waals surface area contributed by atoms with Crippen LogP contribution in [0.25, 0.3) is 22.3 Å². The van der Waals surface area contributed by atoms with Gasteiger partial charge in [-0.2, -0.15) is 5.10 Å². The van der Waals surface area contributed by atoms with Crippen LogP contribution in [0.1, 0.15) is 35.8 Å². The number of carbonyl (C=O) groups is 1. The predicted molar refractivity (Wildman–Crippen MR) is 91.5 cm³/mol. The van der Waals surface area contributed by atoms with Crippen molar-refractivity contribution < 1.29 is 4.79 Å². The summed E-state index contributed by atoms with van der Waals surface area (Å²) in [7, 11) is 1.63. The summed E-state index contributed by atoms with van der Waals surface area (Å²) >= 11 is 0. The molecule has 0 fully saturated rings. The zero-order chi connectivity index (χ0) is 16.6. The first-order valence-electron chi connectivity index (χ1n) is 7.68. The Morgan fingerprint density at radius 1 is 1.22 bits per heavy atom. The second-order valence-electron chi connectivity index (χ2n) is 5.92. The molecule has 1 amide bonds. The highest BCUT2D eigenvalue weighted by atomic mass is 16.1. The molecule has 0 aliphatic rings. The molecule has 0 saturated heterocycles. The standard InChI is InChI=1S/C18H20N4O/c1-11(2)22-17-15(10-20-22)14(18(23)19-4)9-16(21-17)13-7-5-12(3)6-8-13/h5-11H,1-4H3,(H,19,23). The summed E-state index contributed by atoms with van der Waals surface area (Å²) in [6, 6.07) is 10.1. The predicted octanol–water partition coefficient (Wildman–Crippen LogP) is 3.35. The van der Waals surface area contributed by atoms with E-state index in [-0.39, 0.29) is 11.9 Å². The summed E-state index contributed by atoms with van der Waals surface area (Å²) in [5, 5.41) is 7.86. The molecule has 0 bridgehead atoms. The zero-order valence-electron chi connectivity index (χ0n) is 13.8. The van der Waals surface area contributed by atoms with Crippen LogP contribution in [0.4, 0.5) is 0 Å². The Kier molecular flexibility index (Phi) is 3.86. The fourth-order valence-corrected chi connectivity index (χ4v) is 2.59. The van der Waals surface area contributed by atoms with Crippen molar-refractivity contribution >= 4 is 16.9 Å². The van der Waals surface area contributed by atoms with Crippen LogP contribution in [-0.4, -0.2) is 27.7 Å². The van der Waals surface area contributed by atoms with Gasteiger partial charge in [-0.15, -0.1) is 0 Å². The van der Waals surface area contributed by atoms with Gasteiger partial charge in [-0.05, 0) is 26.8 Å². The molecule has 2 aromatic heterocycles. The molecule has 1 aromatic carbocycles. The smallest absolute Gasteiger partial charge is 0.251 e. The molecular weight excluding hydrogens is 288 g/mol.